The van der Waals surface area contributed by atoms with Crippen molar-refractivity contribution >= 4 is 37.3 Å². The van der Waals surface area contributed by atoms with Gasteiger partial charge in [0, 0.05) is 60.7 Å². The number of fused-ring (bicyclic) bond motifs is 1. The Kier molecular flexibility index (Phi) is 9.15. The van der Waals surface area contributed by atoms with Gasteiger partial charge in [-0.3, -0.25) is 10.3 Å². The van der Waals surface area contributed by atoms with E-state index in [0.717, 1.165) is 52.8 Å². The second-order valence-electron chi connectivity index (χ2n) is 13.5. The number of hydrogen-bond donors (Lipinski definition) is 2. The number of nitrogens with two attached hydrogens (primary N) is 1. The minimum Gasteiger partial charge on any atom is -0.444 e. The molecule has 4 aromatic rings. The molecule has 0 radical (unpaired) electrons. The third kappa shape index (κ3) is 7.85. The van der Waals surface area contributed by atoms with E-state index in [-0.39, 0.29) is 5.92 Å². The molecule has 3 heterocycles. The van der Waals surface area contributed by atoms with Gasteiger partial charge in [-0.2, -0.15) is 0 Å². The zero-order chi connectivity index (χ0) is 31.6. The number of halogens is 1. The average Bonchev–Trinajstić information content (AvgIpc) is 3.55. The van der Waals surface area contributed by atoms with E-state index in [0.29, 0.717) is 29.9 Å². The number of rotatable bonds is 9. The lowest BCUT2D eigenvalue weighted by molar-refractivity contribution is 0.0635. The number of nitrogen functional groups attached to an aromatic ring is 1. The van der Waals surface area contributed by atoms with Crippen LogP contribution in [0.2, 0.25) is 30.7 Å². The third-order valence-electron chi connectivity index (χ3n) is 7.39. The highest BCUT2D eigenvalue weighted by atomic mass is 35.5. The van der Waals surface area contributed by atoms with Crippen molar-refractivity contribution in [2.45, 2.75) is 77.5 Å². The molecule has 1 aliphatic rings. The number of benzene rings is 1. The fourth-order valence-corrected chi connectivity index (χ4v) is 6.10. The lowest BCUT2D eigenvalue weighted by atomic mass is 10.0. The summed E-state index contributed by atoms with van der Waals surface area (Å²) >= 11 is 6.26. The maximum Gasteiger partial charge on any atom is 0.413 e. The Morgan fingerprint density at radius 2 is 1.89 bits per heavy atom. The van der Waals surface area contributed by atoms with Crippen molar-refractivity contribution < 1.29 is 14.3 Å². The Bertz CT molecular complexity index is 1640. The van der Waals surface area contributed by atoms with Crippen LogP contribution in [0.5, 0.6) is 0 Å². The lowest BCUT2D eigenvalue weighted by Gasteiger charge is -2.19. The molecule has 1 unspecified atom stereocenters. The summed E-state index contributed by atoms with van der Waals surface area (Å²) in [5, 5.41) is 3.32. The van der Waals surface area contributed by atoms with Crippen molar-refractivity contribution in [3.05, 3.63) is 77.1 Å². The van der Waals surface area contributed by atoms with E-state index in [9.17, 15) is 4.79 Å². The lowest BCUT2D eigenvalue weighted by Crippen LogP contribution is -2.27. The van der Waals surface area contributed by atoms with E-state index >= 15 is 0 Å². The molecule has 1 amide bonds. The molecule has 3 aromatic heterocycles. The monoisotopic (exact) mass is 632 g/mol. The Morgan fingerprint density at radius 3 is 2.59 bits per heavy atom. The van der Waals surface area contributed by atoms with Crippen LogP contribution in [0.25, 0.3) is 22.4 Å². The van der Waals surface area contributed by atoms with Crippen molar-refractivity contribution in [3.8, 4) is 22.4 Å². The predicted octanol–water partition coefficient (Wildman–Crippen LogP) is 7.98. The molecule has 0 fully saturated rings. The first-order chi connectivity index (χ1) is 20.8. The first-order valence-corrected chi connectivity index (χ1v) is 19.0. The van der Waals surface area contributed by atoms with Crippen LogP contribution in [0.1, 0.15) is 50.2 Å². The van der Waals surface area contributed by atoms with Gasteiger partial charge in [-0.05, 0) is 81.6 Å². The van der Waals surface area contributed by atoms with Gasteiger partial charge < -0.3 is 19.8 Å². The number of anilines is 2. The Morgan fingerprint density at radius 1 is 1.11 bits per heavy atom. The summed E-state index contributed by atoms with van der Waals surface area (Å²) < 4.78 is 13.6. The highest BCUT2D eigenvalue weighted by Crippen LogP contribution is 2.40. The molecule has 1 aliphatic carbocycles. The number of aromatic nitrogens is 4. The zero-order valence-electron chi connectivity index (χ0n) is 26.3. The fraction of sp³-hybridized carbons (Fsp3) is 0.394. The first-order valence-electron chi connectivity index (χ1n) is 14.9. The molecular weight excluding hydrogens is 592 g/mol. The van der Waals surface area contributed by atoms with Gasteiger partial charge in [-0.25, -0.2) is 14.8 Å². The summed E-state index contributed by atoms with van der Waals surface area (Å²) in [4.78, 5) is 26.6. The summed E-state index contributed by atoms with van der Waals surface area (Å²) in [6.45, 7) is 13.6. The van der Waals surface area contributed by atoms with Crippen LogP contribution in [0.4, 0.5) is 16.3 Å². The van der Waals surface area contributed by atoms with Crippen molar-refractivity contribution in [3.63, 3.8) is 0 Å². The van der Waals surface area contributed by atoms with Gasteiger partial charge in [0.2, 0.25) is 0 Å². The van der Waals surface area contributed by atoms with Crippen molar-refractivity contribution in [1.82, 2.24) is 19.5 Å². The van der Waals surface area contributed by atoms with Crippen LogP contribution in [0, 0.1) is 0 Å². The van der Waals surface area contributed by atoms with Crippen LogP contribution in [0.3, 0.4) is 0 Å². The molecule has 9 nitrogen and oxygen atoms in total. The molecule has 0 bridgehead atoms. The molecule has 0 saturated carbocycles. The molecule has 0 saturated heterocycles. The number of pyridine rings is 2. The van der Waals surface area contributed by atoms with E-state index in [1.54, 1.807) is 18.3 Å². The molecule has 5 rings (SSSR count). The molecular formula is C33H41ClN6O3Si. The number of imidazole rings is 1. The van der Waals surface area contributed by atoms with Gasteiger partial charge in [-0.1, -0.05) is 31.2 Å². The van der Waals surface area contributed by atoms with Gasteiger partial charge in [-0.15, -0.1) is 0 Å². The number of aryl methyl sites for hydroxylation is 1. The number of nitrogens with zero attached hydrogens (tertiary/aromatic N) is 4. The maximum absolute atomic E-state index is 12.2. The molecule has 0 aliphatic heterocycles. The van der Waals surface area contributed by atoms with Crippen molar-refractivity contribution in [1.29, 1.82) is 0 Å². The van der Waals surface area contributed by atoms with Crippen molar-refractivity contribution in [2.75, 3.05) is 17.7 Å². The number of carbonyl (C=O) groups is 1. The number of carbonyl (C=O) groups excluding carboxylic acids is 1. The van der Waals surface area contributed by atoms with Crippen LogP contribution >= 0.6 is 11.6 Å². The number of ether oxygens (including phenoxy) is 2. The molecule has 1 aromatic carbocycles. The van der Waals surface area contributed by atoms with Gasteiger partial charge in [0.05, 0.1) is 17.3 Å². The van der Waals surface area contributed by atoms with E-state index in [4.69, 9.17) is 36.8 Å². The number of nitrogens with one attached hydrogen (secondary N) is 1. The Balaban J connectivity index is 1.41. The smallest absolute Gasteiger partial charge is 0.413 e. The summed E-state index contributed by atoms with van der Waals surface area (Å²) in [6.07, 6.45) is 6.82. The van der Waals surface area contributed by atoms with Gasteiger partial charge >= 0.3 is 6.09 Å². The van der Waals surface area contributed by atoms with Crippen LogP contribution in [-0.4, -0.2) is 45.9 Å². The highest BCUT2D eigenvalue weighted by Gasteiger charge is 2.30. The maximum atomic E-state index is 12.2. The number of hydrogen-bond acceptors (Lipinski definition) is 7. The SMILES string of the molecule is CC(C)(C)OC(=O)Nc1ccc(-c2cn(COCC[Si](C)(C)C)c(C3CCc4cc(-c5cc(Cl)ccc5N)cnc43)n2)cn1. The van der Waals surface area contributed by atoms with E-state index in [2.05, 4.69) is 40.6 Å². The quantitative estimate of drug-likeness (QED) is 0.109. The Labute approximate surface area is 265 Å². The normalized spacial score (nSPS) is 14.8. The van der Waals surface area contributed by atoms with Crippen LogP contribution in [0.15, 0.2) is 55.0 Å². The van der Waals surface area contributed by atoms with Crippen molar-refractivity contribution in [2.24, 2.45) is 0 Å². The van der Waals surface area contributed by atoms with Gasteiger partial charge in [0.1, 0.15) is 24.0 Å². The second-order valence-corrected chi connectivity index (χ2v) is 19.5. The largest absolute Gasteiger partial charge is 0.444 e. The topological polar surface area (TPSA) is 117 Å². The zero-order valence-corrected chi connectivity index (χ0v) is 28.0. The van der Waals surface area contributed by atoms with E-state index < -0.39 is 19.8 Å². The van der Waals surface area contributed by atoms with E-state index in [1.807, 2.05) is 51.4 Å². The molecule has 0 spiro atoms. The van der Waals surface area contributed by atoms with Gasteiger partial charge in [0.25, 0.3) is 0 Å². The molecule has 232 valence electrons. The van der Waals surface area contributed by atoms with Crippen LogP contribution < -0.4 is 11.1 Å². The standard InChI is InChI=1S/C33H41ClN6O3Si/c1-33(2,3)43-32(41)39-29-12-8-22(17-36-29)28-19-40(20-42-13-14-44(4,5)6)31(38-28)25-10-7-21-15-23(18-37-30(21)25)26-16-24(34)9-11-27(26)35/h8-9,11-12,15-19,25H,7,10,13-14,20,35H2,1-6H3,(H,36,39,41). The minimum absolute atomic E-state index is 0.0196. The number of amides is 1. The first kappa shape index (κ1) is 31.7. The highest BCUT2D eigenvalue weighted by molar-refractivity contribution is 6.76. The van der Waals surface area contributed by atoms with Gasteiger partial charge in [0.15, 0.2) is 0 Å². The average molecular weight is 633 g/mol. The third-order valence-corrected chi connectivity index (χ3v) is 9.33. The van der Waals surface area contributed by atoms with Crippen LogP contribution in [-0.2, 0) is 22.6 Å². The summed E-state index contributed by atoms with van der Waals surface area (Å²) in [5.74, 6) is 1.33. The fourth-order valence-electron chi connectivity index (χ4n) is 5.17. The summed E-state index contributed by atoms with van der Waals surface area (Å²) in [6, 6.07) is 12.4. The second kappa shape index (κ2) is 12.7. The Hall–Kier alpha value is -3.73. The molecule has 44 heavy (non-hydrogen) atoms. The molecule has 1 atom stereocenters. The summed E-state index contributed by atoms with van der Waals surface area (Å²) in [7, 11) is -1.23. The molecule has 3 N–H and O–H groups in total. The predicted molar refractivity (Wildman–Crippen MR) is 179 cm³/mol. The molecule has 11 heteroatoms. The minimum atomic E-state index is -1.23. The van der Waals surface area contributed by atoms with E-state index in [1.165, 1.54) is 5.56 Å². The summed E-state index contributed by atoms with van der Waals surface area (Å²) in [5.41, 5.74) is 12.0.